The van der Waals surface area contributed by atoms with E-state index in [2.05, 4.69) is 0 Å². The van der Waals surface area contributed by atoms with Crippen molar-refractivity contribution >= 4 is 0 Å². The average molecular weight is 270 g/mol. The third-order valence-electron chi connectivity index (χ3n) is 4.75. The van der Waals surface area contributed by atoms with Crippen LogP contribution >= 0.6 is 0 Å². The van der Waals surface area contributed by atoms with E-state index in [9.17, 15) is 5.11 Å². The number of aliphatic hydroxyl groups is 1. The number of rotatable bonds is 1. The molecule has 5 atom stereocenters. The molecule has 114 valence electrons. The summed E-state index contributed by atoms with van der Waals surface area (Å²) in [4.78, 5) is 0. The Morgan fingerprint density at radius 3 is 2.11 bits per heavy atom. The van der Waals surface area contributed by atoms with Gasteiger partial charge in [0.05, 0.1) is 18.3 Å². The van der Waals surface area contributed by atoms with Gasteiger partial charge in [-0.25, -0.2) is 0 Å². The fraction of sp³-hybridized carbons (Fsp3) is 1.00. The fourth-order valence-corrected chi connectivity index (χ4v) is 3.80. The Bertz CT molecular complexity index is 221. The van der Waals surface area contributed by atoms with Crippen LogP contribution in [0, 0.1) is 11.8 Å². The molecule has 2 nitrogen and oxygen atoms in total. The van der Waals surface area contributed by atoms with Gasteiger partial charge in [0.1, 0.15) is 0 Å². The van der Waals surface area contributed by atoms with Gasteiger partial charge < -0.3 is 9.84 Å². The highest BCUT2D eigenvalue weighted by Crippen LogP contribution is 2.45. The maximum Gasteiger partial charge on any atom is 0.0634 e. The summed E-state index contributed by atoms with van der Waals surface area (Å²) >= 11 is 0. The summed E-state index contributed by atoms with van der Waals surface area (Å²) in [6, 6.07) is 0. The van der Waals surface area contributed by atoms with Crippen molar-refractivity contribution in [1.29, 1.82) is 0 Å². The maximum absolute atomic E-state index is 9.65. The predicted molar refractivity (Wildman–Crippen MR) is 81.3 cm³/mol. The van der Waals surface area contributed by atoms with E-state index in [1.54, 1.807) is 0 Å². The molecule has 0 radical (unpaired) electrons. The Kier molecular flexibility index (Phi) is 8.01. The highest BCUT2D eigenvalue weighted by Gasteiger charge is 2.44. The summed E-state index contributed by atoms with van der Waals surface area (Å²) in [6.07, 6.45) is 11.0. The molecule has 2 heterocycles. The highest BCUT2D eigenvalue weighted by molar-refractivity contribution is 4.93. The van der Waals surface area contributed by atoms with Crippen LogP contribution in [0.25, 0.3) is 0 Å². The fourth-order valence-electron chi connectivity index (χ4n) is 3.80. The van der Waals surface area contributed by atoms with Gasteiger partial charge in [-0.2, -0.15) is 0 Å². The van der Waals surface area contributed by atoms with Crippen molar-refractivity contribution < 1.29 is 9.84 Å². The van der Waals surface area contributed by atoms with Gasteiger partial charge in [-0.1, -0.05) is 34.1 Å². The van der Waals surface area contributed by atoms with Gasteiger partial charge >= 0.3 is 0 Å². The van der Waals surface area contributed by atoms with Crippen LogP contribution in [0.2, 0.25) is 0 Å². The molecule has 0 spiro atoms. The van der Waals surface area contributed by atoms with Crippen molar-refractivity contribution in [3.63, 3.8) is 0 Å². The monoisotopic (exact) mass is 270 g/mol. The lowest BCUT2D eigenvalue weighted by Crippen LogP contribution is -2.49. The van der Waals surface area contributed by atoms with Crippen LogP contribution in [0.5, 0.6) is 0 Å². The Hall–Kier alpha value is -0.0800. The molecule has 5 unspecified atom stereocenters. The summed E-state index contributed by atoms with van der Waals surface area (Å²) in [5.41, 5.74) is 0. The molecule has 2 aliphatic carbocycles. The zero-order chi connectivity index (χ0) is 14.3. The van der Waals surface area contributed by atoms with Crippen LogP contribution < -0.4 is 0 Å². The molecule has 1 N–H and O–H groups in total. The van der Waals surface area contributed by atoms with E-state index in [1.807, 2.05) is 27.7 Å². The first kappa shape index (κ1) is 17.0. The van der Waals surface area contributed by atoms with Crippen molar-refractivity contribution in [3.05, 3.63) is 0 Å². The SMILES string of the molecule is CC.CC.OC1CCCC(C2CCC3CC2O3)CC1. The molecular weight excluding hydrogens is 236 g/mol. The Labute approximate surface area is 119 Å². The summed E-state index contributed by atoms with van der Waals surface area (Å²) in [5, 5.41) is 9.65. The third kappa shape index (κ3) is 4.46. The molecule has 4 rings (SSSR count). The second-order valence-electron chi connectivity index (χ2n) is 5.70. The zero-order valence-corrected chi connectivity index (χ0v) is 13.4. The number of hydrogen-bond acceptors (Lipinski definition) is 2. The van der Waals surface area contributed by atoms with Crippen molar-refractivity contribution in [1.82, 2.24) is 0 Å². The minimum absolute atomic E-state index is 0.0198. The second kappa shape index (κ2) is 8.97. The van der Waals surface area contributed by atoms with Crippen LogP contribution in [-0.4, -0.2) is 23.4 Å². The highest BCUT2D eigenvalue weighted by atomic mass is 16.5. The van der Waals surface area contributed by atoms with Gasteiger partial charge in [0.25, 0.3) is 0 Å². The van der Waals surface area contributed by atoms with Crippen molar-refractivity contribution in [2.24, 2.45) is 11.8 Å². The molecule has 0 amide bonds. The first-order valence-electron chi connectivity index (χ1n) is 8.66. The largest absolute Gasteiger partial charge is 0.393 e. The van der Waals surface area contributed by atoms with Crippen molar-refractivity contribution in [3.8, 4) is 0 Å². The van der Waals surface area contributed by atoms with Crippen LogP contribution in [0.1, 0.15) is 79.1 Å². The van der Waals surface area contributed by atoms with Crippen LogP contribution in [-0.2, 0) is 4.74 Å². The standard InChI is InChI=1S/C13H22O2.2C2H6/c14-10-3-1-2-9(4-5-10)12-7-6-11-8-13(12)15-11;2*1-2/h9-14H,1-8H2;2*1-2H3. The zero-order valence-electron chi connectivity index (χ0n) is 13.4. The van der Waals surface area contributed by atoms with Gasteiger partial charge in [0, 0.05) is 6.42 Å². The topological polar surface area (TPSA) is 29.5 Å². The Balaban J connectivity index is 0.000000415. The molecule has 2 heteroatoms. The quantitative estimate of drug-likeness (QED) is 0.708. The van der Waals surface area contributed by atoms with Gasteiger partial charge in [-0.15, -0.1) is 0 Å². The van der Waals surface area contributed by atoms with Gasteiger partial charge in [0.15, 0.2) is 0 Å². The molecule has 19 heavy (non-hydrogen) atoms. The van der Waals surface area contributed by atoms with E-state index in [0.717, 1.165) is 24.7 Å². The normalized spacial score (nSPS) is 40.6. The summed E-state index contributed by atoms with van der Waals surface area (Å²) in [6.45, 7) is 8.00. The molecule has 4 aliphatic rings. The van der Waals surface area contributed by atoms with E-state index in [4.69, 9.17) is 4.74 Å². The molecule has 2 saturated carbocycles. The van der Waals surface area contributed by atoms with Crippen LogP contribution in [0.4, 0.5) is 0 Å². The first-order chi connectivity index (χ1) is 9.33. The number of hydrogen-bond donors (Lipinski definition) is 1. The van der Waals surface area contributed by atoms with Crippen LogP contribution in [0.3, 0.4) is 0 Å². The molecule has 2 saturated heterocycles. The van der Waals surface area contributed by atoms with E-state index >= 15 is 0 Å². The van der Waals surface area contributed by atoms with Gasteiger partial charge in [-0.05, 0) is 50.4 Å². The molecule has 2 bridgehead atoms. The average Bonchev–Trinajstić information content (AvgIpc) is 2.67. The number of ether oxygens (including phenoxy) is 1. The van der Waals surface area contributed by atoms with E-state index < -0.39 is 0 Å². The van der Waals surface area contributed by atoms with Gasteiger partial charge in [0.2, 0.25) is 0 Å². The molecule has 4 fully saturated rings. The minimum Gasteiger partial charge on any atom is -0.393 e. The van der Waals surface area contributed by atoms with Crippen LogP contribution in [0.15, 0.2) is 0 Å². The lowest BCUT2D eigenvalue weighted by Gasteiger charge is -2.49. The van der Waals surface area contributed by atoms with Crippen molar-refractivity contribution in [2.45, 2.75) is 97.4 Å². The van der Waals surface area contributed by atoms with E-state index in [1.165, 1.54) is 38.5 Å². The maximum atomic E-state index is 9.65. The molecule has 0 aromatic rings. The van der Waals surface area contributed by atoms with E-state index in [-0.39, 0.29) is 6.10 Å². The third-order valence-corrected chi connectivity index (χ3v) is 4.75. The minimum atomic E-state index is -0.0198. The smallest absolute Gasteiger partial charge is 0.0634 e. The second-order valence-corrected chi connectivity index (χ2v) is 5.70. The lowest BCUT2D eigenvalue weighted by atomic mass is 9.71. The summed E-state index contributed by atoms with van der Waals surface area (Å²) in [7, 11) is 0. The molecule has 0 aromatic carbocycles. The lowest BCUT2D eigenvalue weighted by molar-refractivity contribution is -0.196. The molecule has 0 aromatic heterocycles. The Morgan fingerprint density at radius 1 is 0.842 bits per heavy atom. The Morgan fingerprint density at radius 2 is 1.53 bits per heavy atom. The predicted octanol–water partition coefficient (Wildman–Crippen LogP) is 4.55. The van der Waals surface area contributed by atoms with Gasteiger partial charge in [-0.3, -0.25) is 0 Å². The number of fused-ring (bicyclic) bond motifs is 2. The summed E-state index contributed by atoms with van der Waals surface area (Å²) < 4.78 is 5.85. The van der Waals surface area contributed by atoms with Crippen molar-refractivity contribution in [2.75, 3.05) is 0 Å². The molecular formula is C17H34O2. The molecule has 2 aliphatic heterocycles. The summed E-state index contributed by atoms with van der Waals surface area (Å²) in [5.74, 6) is 1.66. The van der Waals surface area contributed by atoms with E-state index in [0.29, 0.717) is 12.2 Å². The number of aliphatic hydroxyl groups excluding tert-OH is 1. The first-order valence-corrected chi connectivity index (χ1v) is 8.66.